The van der Waals surface area contributed by atoms with Gasteiger partial charge in [0.15, 0.2) is 0 Å². The van der Waals surface area contributed by atoms with Crippen molar-refractivity contribution in [2.45, 2.75) is 39.2 Å². The van der Waals surface area contributed by atoms with Crippen LogP contribution >= 0.6 is 0 Å². The van der Waals surface area contributed by atoms with Gasteiger partial charge in [-0.1, -0.05) is 13.3 Å². The third-order valence-electron chi connectivity index (χ3n) is 2.76. The van der Waals surface area contributed by atoms with Crippen molar-refractivity contribution in [2.24, 2.45) is 5.92 Å². The Labute approximate surface area is 73.6 Å². The van der Waals surface area contributed by atoms with Crippen molar-refractivity contribution in [3.63, 3.8) is 0 Å². The van der Waals surface area contributed by atoms with Crippen molar-refractivity contribution in [3.8, 4) is 0 Å². The van der Waals surface area contributed by atoms with Gasteiger partial charge in [0.25, 0.3) is 0 Å². The van der Waals surface area contributed by atoms with Crippen LogP contribution in [-0.4, -0.2) is 9.78 Å². The Morgan fingerprint density at radius 1 is 1.67 bits per heavy atom. The van der Waals surface area contributed by atoms with E-state index >= 15 is 0 Å². The van der Waals surface area contributed by atoms with Crippen molar-refractivity contribution < 1.29 is 0 Å². The Morgan fingerprint density at radius 2 is 2.50 bits per heavy atom. The van der Waals surface area contributed by atoms with Gasteiger partial charge >= 0.3 is 0 Å². The molecule has 2 nitrogen and oxygen atoms in total. The molecule has 0 atom stereocenters. The van der Waals surface area contributed by atoms with Crippen LogP contribution in [0, 0.1) is 12.1 Å². The summed E-state index contributed by atoms with van der Waals surface area (Å²) in [5.41, 5.74) is 1.32. The topological polar surface area (TPSA) is 17.8 Å². The Kier molecular flexibility index (Phi) is 2.15. The lowest BCUT2D eigenvalue weighted by Gasteiger charge is -2.25. The Hall–Kier alpha value is -0.790. The number of aryl methyl sites for hydroxylation is 1. The lowest BCUT2D eigenvalue weighted by Crippen LogP contribution is -2.19. The number of rotatable bonds is 3. The van der Waals surface area contributed by atoms with E-state index in [-0.39, 0.29) is 0 Å². The third-order valence-corrected chi connectivity index (χ3v) is 2.76. The molecule has 1 saturated carbocycles. The molecule has 0 N–H and O–H groups in total. The van der Waals surface area contributed by atoms with Gasteiger partial charge < -0.3 is 0 Å². The maximum absolute atomic E-state index is 4.20. The van der Waals surface area contributed by atoms with Crippen LogP contribution in [0.25, 0.3) is 0 Å². The molecule has 2 heteroatoms. The van der Waals surface area contributed by atoms with Gasteiger partial charge in [-0.2, -0.15) is 5.10 Å². The monoisotopic (exact) mass is 163 g/mol. The van der Waals surface area contributed by atoms with Gasteiger partial charge in [0, 0.05) is 12.2 Å². The zero-order valence-corrected chi connectivity index (χ0v) is 7.58. The molecule has 0 spiro atoms. The molecule has 12 heavy (non-hydrogen) atoms. The van der Waals surface area contributed by atoms with Crippen LogP contribution in [0.2, 0.25) is 0 Å². The first-order chi connectivity index (χ1) is 5.90. The quantitative estimate of drug-likeness (QED) is 0.666. The van der Waals surface area contributed by atoms with Crippen LogP contribution < -0.4 is 0 Å². The summed E-state index contributed by atoms with van der Waals surface area (Å²) in [6, 6.07) is 2.00. The predicted molar refractivity (Wildman–Crippen MR) is 47.8 cm³/mol. The van der Waals surface area contributed by atoms with Gasteiger partial charge in [-0.05, 0) is 31.2 Å². The number of hydrogen-bond donors (Lipinski definition) is 0. The number of hydrogen-bond acceptors (Lipinski definition) is 1. The fourth-order valence-corrected chi connectivity index (χ4v) is 1.67. The molecule has 0 amide bonds. The lowest BCUT2D eigenvalue weighted by atomic mass is 9.85. The number of aromatic nitrogens is 2. The maximum atomic E-state index is 4.20. The van der Waals surface area contributed by atoms with Crippen LogP contribution in [-0.2, 0) is 13.0 Å². The molecule has 1 heterocycles. The molecule has 0 aromatic carbocycles. The predicted octanol–water partition coefficient (Wildman–Crippen LogP) is 2.05. The van der Waals surface area contributed by atoms with Gasteiger partial charge in [-0.25, -0.2) is 0 Å². The average Bonchev–Trinajstić information content (AvgIpc) is 2.43. The first kappa shape index (κ1) is 7.84. The van der Waals surface area contributed by atoms with Crippen molar-refractivity contribution in [1.29, 1.82) is 0 Å². The lowest BCUT2D eigenvalue weighted by molar-refractivity contribution is 0.263. The summed E-state index contributed by atoms with van der Waals surface area (Å²) in [6.07, 6.45) is 8.19. The Morgan fingerprint density at radius 3 is 3.08 bits per heavy atom. The van der Waals surface area contributed by atoms with Crippen molar-refractivity contribution in [1.82, 2.24) is 9.78 Å². The summed E-state index contributed by atoms with van der Waals surface area (Å²) in [5.74, 6) is 0.892. The zero-order chi connectivity index (χ0) is 8.39. The summed E-state index contributed by atoms with van der Waals surface area (Å²) in [7, 11) is 0. The van der Waals surface area contributed by atoms with Gasteiger partial charge in [0.2, 0.25) is 0 Å². The first-order valence-electron chi connectivity index (χ1n) is 4.83. The summed E-state index contributed by atoms with van der Waals surface area (Å²) in [4.78, 5) is 0. The molecule has 2 rings (SSSR count). The molecular weight excluding hydrogens is 148 g/mol. The van der Waals surface area contributed by atoms with Crippen LogP contribution in [0.1, 0.15) is 31.9 Å². The molecule has 1 radical (unpaired) electrons. The molecule has 65 valence electrons. The molecule has 0 bridgehead atoms. The highest BCUT2D eigenvalue weighted by Gasteiger charge is 2.18. The molecule has 1 fully saturated rings. The summed E-state index contributed by atoms with van der Waals surface area (Å²) < 4.78 is 2.11. The summed E-state index contributed by atoms with van der Waals surface area (Å²) in [5, 5.41) is 4.20. The van der Waals surface area contributed by atoms with Crippen LogP contribution in [0.5, 0.6) is 0 Å². The molecule has 0 unspecified atom stereocenters. The van der Waals surface area contributed by atoms with E-state index in [1.54, 1.807) is 0 Å². The van der Waals surface area contributed by atoms with Gasteiger partial charge in [-0.3, -0.25) is 4.68 Å². The maximum Gasteiger partial charge on any atom is 0.113 e. The largest absolute Gasteiger partial charge is 0.269 e. The van der Waals surface area contributed by atoms with Crippen LogP contribution in [0.15, 0.2) is 6.07 Å². The SMILES string of the molecule is CCc1c[c]nn1CC1CCC1. The van der Waals surface area contributed by atoms with Crippen molar-refractivity contribution >= 4 is 0 Å². The van der Waals surface area contributed by atoms with Gasteiger partial charge in [0.05, 0.1) is 0 Å². The second-order valence-electron chi connectivity index (χ2n) is 3.60. The number of nitrogens with zero attached hydrogens (tertiary/aromatic N) is 2. The van der Waals surface area contributed by atoms with E-state index in [1.807, 2.05) is 6.07 Å². The van der Waals surface area contributed by atoms with Crippen molar-refractivity contribution in [3.05, 3.63) is 18.0 Å². The van der Waals surface area contributed by atoms with E-state index in [1.165, 1.54) is 25.0 Å². The first-order valence-corrected chi connectivity index (χ1v) is 4.83. The zero-order valence-electron chi connectivity index (χ0n) is 7.58. The van der Waals surface area contributed by atoms with Crippen molar-refractivity contribution in [2.75, 3.05) is 0 Å². The normalized spacial score (nSPS) is 17.8. The Bertz CT molecular complexity index is 248. The minimum Gasteiger partial charge on any atom is -0.269 e. The minimum absolute atomic E-state index is 0.892. The Balaban J connectivity index is 2.00. The fourth-order valence-electron chi connectivity index (χ4n) is 1.67. The smallest absolute Gasteiger partial charge is 0.113 e. The van der Waals surface area contributed by atoms with E-state index in [9.17, 15) is 0 Å². The fraction of sp³-hybridized carbons (Fsp3) is 0.700. The second kappa shape index (κ2) is 3.30. The summed E-state index contributed by atoms with van der Waals surface area (Å²) >= 11 is 0. The van der Waals surface area contributed by atoms with Gasteiger partial charge in [0.1, 0.15) is 6.20 Å². The molecule has 1 aliphatic rings. The van der Waals surface area contributed by atoms with E-state index < -0.39 is 0 Å². The highest BCUT2D eigenvalue weighted by atomic mass is 15.3. The molecule has 0 aliphatic heterocycles. The van der Waals surface area contributed by atoms with E-state index in [4.69, 9.17) is 0 Å². The molecule has 1 aromatic rings. The highest BCUT2D eigenvalue weighted by molar-refractivity contribution is 4.98. The third kappa shape index (κ3) is 1.38. The van der Waals surface area contributed by atoms with Crippen LogP contribution in [0.4, 0.5) is 0 Å². The van der Waals surface area contributed by atoms with E-state index in [0.29, 0.717) is 0 Å². The standard InChI is InChI=1S/C10H15N2/c1-2-10-6-7-11-12(10)8-9-4-3-5-9/h6,9H,2-5,8H2,1H3. The van der Waals surface area contributed by atoms with E-state index in [0.717, 1.165) is 18.9 Å². The molecule has 1 aromatic heterocycles. The van der Waals surface area contributed by atoms with E-state index in [2.05, 4.69) is 22.9 Å². The van der Waals surface area contributed by atoms with Crippen LogP contribution in [0.3, 0.4) is 0 Å². The highest BCUT2D eigenvalue weighted by Crippen LogP contribution is 2.27. The van der Waals surface area contributed by atoms with Gasteiger partial charge in [-0.15, -0.1) is 0 Å². The molecule has 0 saturated heterocycles. The summed E-state index contributed by atoms with van der Waals surface area (Å²) in [6.45, 7) is 3.29. The second-order valence-corrected chi connectivity index (χ2v) is 3.60. The minimum atomic E-state index is 0.892. The molecule has 1 aliphatic carbocycles. The molecular formula is C10H15N2. The average molecular weight is 163 g/mol.